The normalized spacial score (nSPS) is 22.4. The Morgan fingerprint density at radius 3 is 2.86 bits per heavy atom. The summed E-state index contributed by atoms with van der Waals surface area (Å²) in [7, 11) is 0. The van der Waals surface area contributed by atoms with Crippen molar-refractivity contribution in [3.63, 3.8) is 0 Å². The van der Waals surface area contributed by atoms with E-state index in [0.717, 1.165) is 38.1 Å². The molecular weight excluding hydrogens is 360 g/mol. The molecule has 0 bridgehead atoms. The first kappa shape index (κ1) is 20.8. The largest absolute Gasteiger partial charge is 0.381 e. The molecule has 0 aromatic carbocycles. The molecule has 8 heteroatoms. The van der Waals surface area contributed by atoms with Crippen LogP contribution in [-0.2, 0) is 20.8 Å². The first-order valence-corrected chi connectivity index (χ1v) is 10.4. The van der Waals surface area contributed by atoms with Crippen molar-refractivity contribution in [1.29, 1.82) is 0 Å². The third-order valence-corrected chi connectivity index (χ3v) is 5.47. The lowest BCUT2D eigenvalue weighted by atomic mass is 10.0. The number of hydrogen-bond acceptors (Lipinski definition) is 5. The molecule has 2 saturated heterocycles. The Hall–Kier alpha value is -1.93. The number of carbonyl (C=O) groups excluding carboxylic acids is 2. The van der Waals surface area contributed by atoms with E-state index in [4.69, 9.17) is 9.47 Å². The maximum atomic E-state index is 12.7. The molecule has 2 amide bonds. The van der Waals surface area contributed by atoms with Crippen LogP contribution < -0.4 is 5.32 Å². The average molecular weight is 393 g/mol. The molecule has 8 nitrogen and oxygen atoms in total. The van der Waals surface area contributed by atoms with Gasteiger partial charge in [-0.25, -0.2) is 0 Å². The summed E-state index contributed by atoms with van der Waals surface area (Å²) in [5, 5.41) is 7.39. The number of rotatable bonds is 8. The first-order chi connectivity index (χ1) is 13.6. The van der Waals surface area contributed by atoms with Crippen molar-refractivity contribution in [2.45, 2.75) is 52.1 Å². The van der Waals surface area contributed by atoms with Crippen LogP contribution in [0.1, 0.15) is 48.7 Å². The summed E-state index contributed by atoms with van der Waals surface area (Å²) in [6, 6.07) is -0.136. The lowest BCUT2D eigenvalue weighted by Crippen LogP contribution is -2.53. The van der Waals surface area contributed by atoms with E-state index in [9.17, 15) is 9.59 Å². The zero-order chi connectivity index (χ0) is 19.9. The lowest BCUT2D eigenvalue weighted by Gasteiger charge is -2.36. The van der Waals surface area contributed by atoms with Gasteiger partial charge < -0.3 is 19.7 Å². The molecule has 1 aromatic heterocycles. The van der Waals surface area contributed by atoms with Crippen molar-refractivity contribution >= 4 is 11.8 Å². The number of unbranched alkanes of at least 4 members (excludes halogenated alkanes) is 1. The molecule has 0 radical (unpaired) electrons. The molecule has 0 saturated carbocycles. The van der Waals surface area contributed by atoms with E-state index in [1.165, 1.54) is 0 Å². The highest BCUT2D eigenvalue weighted by molar-refractivity contribution is 5.95. The van der Waals surface area contributed by atoms with Crippen LogP contribution >= 0.6 is 0 Å². The van der Waals surface area contributed by atoms with E-state index in [1.807, 2.05) is 16.5 Å². The fourth-order valence-electron chi connectivity index (χ4n) is 3.74. The lowest BCUT2D eigenvalue weighted by molar-refractivity contribution is -0.140. The van der Waals surface area contributed by atoms with Crippen molar-refractivity contribution in [1.82, 2.24) is 20.0 Å². The third-order valence-electron chi connectivity index (χ3n) is 5.47. The highest BCUT2D eigenvalue weighted by Crippen LogP contribution is 2.19. The topological polar surface area (TPSA) is 85.7 Å². The van der Waals surface area contributed by atoms with Crippen molar-refractivity contribution in [3.05, 3.63) is 17.5 Å². The second-order valence-corrected chi connectivity index (χ2v) is 7.70. The van der Waals surface area contributed by atoms with Crippen LogP contribution in [0.4, 0.5) is 0 Å². The summed E-state index contributed by atoms with van der Waals surface area (Å²) in [6.07, 6.45) is 5.37. The Balaban J connectivity index is 1.54. The molecule has 3 rings (SSSR count). The van der Waals surface area contributed by atoms with E-state index in [2.05, 4.69) is 17.3 Å². The Morgan fingerprint density at radius 2 is 2.11 bits per heavy atom. The molecule has 2 aliphatic rings. The van der Waals surface area contributed by atoms with Gasteiger partial charge in [0.15, 0.2) is 0 Å². The molecule has 1 aromatic rings. The molecule has 3 heterocycles. The number of nitrogens with zero attached hydrogens (tertiary/aromatic N) is 3. The Labute approximate surface area is 166 Å². The van der Waals surface area contributed by atoms with Gasteiger partial charge in [0.1, 0.15) is 0 Å². The van der Waals surface area contributed by atoms with Gasteiger partial charge in [0, 0.05) is 45.5 Å². The zero-order valence-corrected chi connectivity index (χ0v) is 17.0. The van der Waals surface area contributed by atoms with Gasteiger partial charge in [-0.15, -0.1) is 0 Å². The monoisotopic (exact) mass is 392 g/mol. The van der Waals surface area contributed by atoms with Crippen LogP contribution in [0.15, 0.2) is 6.20 Å². The van der Waals surface area contributed by atoms with Crippen LogP contribution in [0.5, 0.6) is 0 Å². The van der Waals surface area contributed by atoms with Gasteiger partial charge >= 0.3 is 0 Å². The van der Waals surface area contributed by atoms with Crippen LogP contribution in [0.3, 0.4) is 0 Å². The van der Waals surface area contributed by atoms with E-state index < -0.39 is 0 Å². The maximum absolute atomic E-state index is 12.7. The van der Waals surface area contributed by atoms with E-state index >= 15 is 0 Å². The zero-order valence-electron chi connectivity index (χ0n) is 17.0. The fraction of sp³-hybridized carbons (Fsp3) is 0.750. The second-order valence-electron chi connectivity index (χ2n) is 7.70. The molecule has 156 valence electrons. The molecule has 2 fully saturated rings. The van der Waals surface area contributed by atoms with E-state index in [-0.39, 0.29) is 17.9 Å². The fourth-order valence-corrected chi connectivity index (χ4v) is 3.74. The number of nitrogens with one attached hydrogen (secondary N) is 1. The minimum Gasteiger partial charge on any atom is -0.381 e. The number of hydrogen-bond donors (Lipinski definition) is 1. The molecule has 28 heavy (non-hydrogen) atoms. The minimum absolute atomic E-state index is 0.126. The van der Waals surface area contributed by atoms with Crippen LogP contribution in [0.2, 0.25) is 0 Å². The number of carbonyl (C=O) groups is 2. The van der Waals surface area contributed by atoms with Gasteiger partial charge in [0.2, 0.25) is 5.91 Å². The van der Waals surface area contributed by atoms with Gasteiger partial charge in [-0.2, -0.15) is 5.10 Å². The number of amides is 2. The van der Waals surface area contributed by atoms with Crippen molar-refractivity contribution < 1.29 is 19.1 Å². The highest BCUT2D eigenvalue weighted by Gasteiger charge is 2.30. The molecule has 1 N–H and O–H groups in total. The smallest absolute Gasteiger partial charge is 0.254 e. The summed E-state index contributed by atoms with van der Waals surface area (Å²) in [4.78, 5) is 27.2. The molecule has 2 aliphatic heterocycles. The molecule has 2 atom stereocenters. The Kier molecular flexibility index (Phi) is 7.44. The summed E-state index contributed by atoms with van der Waals surface area (Å²) < 4.78 is 12.8. The predicted octanol–water partition coefficient (Wildman–Crippen LogP) is 1.38. The molecule has 2 unspecified atom stereocenters. The van der Waals surface area contributed by atoms with E-state index in [1.54, 1.807) is 6.20 Å². The third kappa shape index (κ3) is 5.32. The van der Waals surface area contributed by atoms with Gasteiger partial charge in [0.05, 0.1) is 30.5 Å². The predicted molar refractivity (Wildman–Crippen MR) is 104 cm³/mol. The first-order valence-electron chi connectivity index (χ1n) is 10.4. The summed E-state index contributed by atoms with van der Waals surface area (Å²) in [5.41, 5.74) is 1.32. The van der Waals surface area contributed by atoms with Crippen molar-refractivity contribution in [2.24, 2.45) is 5.92 Å². The highest BCUT2D eigenvalue weighted by atomic mass is 16.5. The molecule has 0 spiro atoms. The van der Waals surface area contributed by atoms with Gasteiger partial charge in [-0.05, 0) is 25.7 Å². The average Bonchev–Trinajstić information content (AvgIpc) is 3.34. The minimum atomic E-state index is -0.151. The SMILES string of the molecule is CCCCn1cc(C(=O)NCC2COCCN2C(=O)CC2CCOC2)c(C)n1. The van der Waals surface area contributed by atoms with Crippen molar-refractivity contribution in [2.75, 3.05) is 39.5 Å². The maximum Gasteiger partial charge on any atom is 0.254 e. The van der Waals surface area contributed by atoms with Crippen LogP contribution in [0, 0.1) is 12.8 Å². The van der Waals surface area contributed by atoms with E-state index in [0.29, 0.717) is 50.8 Å². The second kappa shape index (κ2) is 10.0. The Bertz CT molecular complexity index is 669. The summed E-state index contributed by atoms with van der Waals surface area (Å²) >= 11 is 0. The standard InChI is InChI=1S/C20H32N4O4/c1-3-4-6-23-12-18(15(2)22-23)20(26)21-11-17-14-28-9-7-24(17)19(25)10-16-5-8-27-13-16/h12,16-17H,3-11,13-14H2,1-2H3,(H,21,26). The Morgan fingerprint density at radius 1 is 1.29 bits per heavy atom. The number of morpholine rings is 1. The number of ether oxygens (including phenoxy) is 2. The van der Waals surface area contributed by atoms with Gasteiger partial charge in [-0.1, -0.05) is 13.3 Å². The number of aromatic nitrogens is 2. The molecular formula is C20H32N4O4. The number of aryl methyl sites for hydroxylation is 2. The summed E-state index contributed by atoms with van der Waals surface area (Å²) in [6.45, 7) is 8.14. The van der Waals surface area contributed by atoms with Gasteiger partial charge in [-0.3, -0.25) is 14.3 Å². The van der Waals surface area contributed by atoms with Crippen LogP contribution in [-0.4, -0.2) is 72.1 Å². The van der Waals surface area contributed by atoms with Crippen molar-refractivity contribution in [3.8, 4) is 0 Å². The van der Waals surface area contributed by atoms with Gasteiger partial charge in [0.25, 0.3) is 5.91 Å². The summed E-state index contributed by atoms with van der Waals surface area (Å²) in [5.74, 6) is 0.284. The van der Waals surface area contributed by atoms with Crippen LogP contribution in [0.25, 0.3) is 0 Å². The quantitative estimate of drug-likeness (QED) is 0.722. The molecule has 0 aliphatic carbocycles.